The Labute approximate surface area is 156 Å². The van der Waals surface area contributed by atoms with Crippen LogP contribution in [0.1, 0.15) is 20.8 Å². The van der Waals surface area contributed by atoms with Crippen molar-refractivity contribution in [2.75, 3.05) is 9.80 Å². The molecule has 2 heterocycles. The standard InChI is InChI=1S/C16H18N2OS4/c1-9-11(3)22-15(20)17(9)12-6-4-5-7-13(12)18-10(2)14(8-19)23-16(18)21/h4-11,14H,1-3H3. The maximum atomic E-state index is 11.3. The number of thiocarbonyl (C=S) groups is 2. The highest BCUT2D eigenvalue weighted by Gasteiger charge is 2.40. The maximum absolute atomic E-state index is 11.3. The molecule has 0 amide bonds. The topological polar surface area (TPSA) is 23.6 Å². The number of aldehydes is 1. The van der Waals surface area contributed by atoms with Crippen molar-refractivity contribution in [1.82, 2.24) is 0 Å². The molecule has 0 bridgehead atoms. The summed E-state index contributed by atoms with van der Waals surface area (Å²) in [6.07, 6.45) is 0.991. The number of rotatable bonds is 3. The zero-order valence-corrected chi connectivity index (χ0v) is 16.4. The molecule has 0 N–H and O–H groups in total. The SMILES string of the molecule is CC1SC(=S)N(c2ccccc2N2C(=S)SC(C=O)C2C)C1C. The summed E-state index contributed by atoms with van der Waals surface area (Å²) in [5.41, 5.74) is 2.11. The van der Waals surface area contributed by atoms with E-state index < -0.39 is 0 Å². The molecule has 3 rings (SSSR count). The smallest absolute Gasteiger partial charge is 0.141 e. The molecule has 4 unspecified atom stereocenters. The normalized spacial score (nSPS) is 31.1. The Kier molecular flexibility index (Phi) is 5.01. The highest BCUT2D eigenvalue weighted by molar-refractivity contribution is 8.24. The van der Waals surface area contributed by atoms with Gasteiger partial charge in [0.1, 0.15) is 14.9 Å². The number of benzene rings is 1. The van der Waals surface area contributed by atoms with Gasteiger partial charge in [-0.25, -0.2) is 0 Å². The number of nitrogens with zero attached hydrogens (tertiary/aromatic N) is 2. The van der Waals surface area contributed by atoms with Crippen molar-refractivity contribution < 1.29 is 4.79 Å². The third-order valence-corrected chi connectivity index (χ3v) is 7.73. The quantitative estimate of drug-likeness (QED) is 0.573. The largest absolute Gasteiger partial charge is 0.322 e. The van der Waals surface area contributed by atoms with E-state index in [1.807, 2.05) is 19.1 Å². The molecule has 2 fully saturated rings. The summed E-state index contributed by atoms with van der Waals surface area (Å²) in [4.78, 5) is 15.6. The Morgan fingerprint density at radius 3 is 1.91 bits per heavy atom. The Morgan fingerprint density at radius 1 is 0.957 bits per heavy atom. The fourth-order valence-electron chi connectivity index (χ4n) is 2.92. The molecule has 7 heteroatoms. The number of anilines is 2. The minimum Gasteiger partial charge on any atom is -0.322 e. The monoisotopic (exact) mass is 382 g/mol. The zero-order valence-electron chi connectivity index (χ0n) is 13.1. The summed E-state index contributed by atoms with van der Waals surface area (Å²) in [5.74, 6) is 0. The highest BCUT2D eigenvalue weighted by atomic mass is 32.2. The molecule has 1 aromatic rings. The van der Waals surface area contributed by atoms with Crippen LogP contribution >= 0.6 is 48.0 Å². The molecule has 2 saturated heterocycles. The molecule has 4 atom stereocenters. The lowest BCUT2D eigenvalue weighted by atomic mass is 10.1. The average molecular weight is 383 g/mol. The van der Waals surface area contributed by atoms with Crippen molar-refractivity contribution in [2.24, 2.45) is 0 Å². The van der Waals surface area contributed by atoms with Crippen LogP contribution in [0.2, 0.25) is 0 Å². The lowest BCUT2D eigenvalue weighted by Crippen LogP contribution is -2.38. The molecule has 2 aliphatic rings. The van der Waals surface area contributed by atoms with Crippen molar-refractivity contribution >= 4 is 74.3 Å². The van der Waals surface area contributed by atoms with Gasteiger partial charge in [0.2, 0.25) is 0 Å². The van der Waals surface area contributed by atoms with Crippen LogP contribution < -0.4 is 9.80 Å². The van der Waals surface area contributed by atoms with Crippen molar-refractivity contribution in [3.8, 4) is 0 Å². The van der Waals surface area contributed by atoms with E-state index in [1.54, 1.807) is 11.8 Å². The molecule has 0 radical (unpaired) electrons. The zero-order chi connectivity index (χ0) is 16.7. The third kappa shape index (κ3) is 2.92. The van der Waals surface area contributed by atoms with E-state index in [4.69, 9.17) is 24.4 Å². The lowest BCUT2D eigenvalue weighted by Gasteiger charge is -2.32. The Hall–Kier alpha value is -0.630. The lowest BCUT2D eigenvalue weighted by molar-refractivity contribution is -0.107. The summed E-state index contributed by atoms with van der Waals surface area (Å²) in [7, 11) is 0. The molecule has 0 aromatic heterocycles. The van der Waals surface area contributed by atoms with E-state index in [0.717, 1.165) is 26.3 Å². The number of thioether (sulfide) groups is 2. The van der Waals surface area contributed by atoms with Gasteiger partial charge in [-0.05, 0) is 26.0 Å². The number of carbonyl (C=O) groups is 1. The fourth-order valence-corrected chi connectivity index (χ4v) is 6.24. The molecular formula is C16H18N2OS4. The van der Waals surface area contributed by atoms with Gasteiger partial charge >= 0.3 is 0 Å². The summed E-state index contributed by atoms with van der Waals surface area (Å²) < 4.78 is 1.65. The van der Waals surface area contributed by atoms with E-state index in [1.165, 1.54) is 11.8 Å². The van der Waals surface area contributed by atoms with Gasteiger partial charge in [-0.1, -0.05) is 67.0 Å². The Balaban J connectivity index is 2.04. The Bertz CT molecular complexity index is 665. The summed E-state index contributed by atoms with van der Waals surface area (Å²) >= 11 is 14.3. The number of hydrogen-bond acceptors (Lipinski definition) is 5. The third-order valence-electron chi connectivity index (χ3n) is 4.42. The van der Waals surface area contributed by atoms with Gasteiger partial charge in [0.05, 0.1) is 22.7 Å². The van der Waals surface area contributed by atoms with Crippen LogP contribution in [0.5, 0.6) is 0 Å². The number of carbonyl (C=O) groups excluding carboxylic acids is 1. The van der Waals surface area contributed by atoms with Crippen LogP contribution in [0, 0.1) is 0 Å². The molecule has 3 nitrogen and oxygen atoms in total. The molecule has 0 spiro atoms. The van der Waals surface area contributed by atoms with E-state index in [-0.39, 0.29) is 11.3 Å². The van der Waals surface area contributed by atoms with Gasteiger partial charge in [-0.2, -0.15) is 0 Å². The molecule has 0 aliphatic carbocycles. The second-order valence-corrected chi connectivity index (χ2v) is 9.61. The molecule has 2 aliphatic heterocycles. The van der Waals surface area contributed by atoms with Crippen molar-refractivity contribution in [3.63, 3.8) is 0 Å². The van der Waals surface area contributed by atoms with Gasteiger partial charge < -0.3 is 14.6 Å². The van der Waals surface area contributed by atoms with E-state index >= 15 is 0 Å². The molecule has 23 heavy (non-hydrogen) atoms. The summed E-state index contributed by atoms with van der Waals surface area (Å²) in [6.45, 7) is 6.44. The van der Waals surface area contributed by atoms with Crippen molar-refractivity contribution in [2.45, 2.75) is 43.4 Å². The van der Waals surface area contributed by atoms with Crippen molar-refractivity contribution in [1.29, 1.82) is 0 Å². The first-order chi connectivity index (χ1) is 11.0. The predicted octanol–water partition coefficient (Wildman–Crippen LogP) is 4.10. The predicted molar refractivity (Wildman–Crippen MR) is 110 cm³/mol. The van der Waals surface area contributed by atoms with Gasteiger partial charge in [-0.15, -0.1) is 0 Å². The van der Waals surface area contributed by atoms with Gasteiger partial charge in [-0.3, -0.25) is 0 Å². The van der Waals surface area contributed by atoms with Crippen LogP contribution in [0.4, 0.5) is 11.4 Å². The van der Waals surface area contributed by atoms with Crippen LogP contribution in [0.25, 0.3) is 0 Å². The van der Waals surface area contributed by atoms with Crippen LogP contribution in [-0.2, 0) is 4.79 Å². The van der Waals surface area contributed by atoms with Gasteiger partial charge in [0, 0.05) is 11.3 Å². The van der Waals surface area contributed by atoms with Crippen LogP contribution in [-0.4, -0.2) is 37.5 Å². The first-order valence-corrected chi connectivity index (χ1v) is 10.1. The van der Waals surface area contributed by atoms with Crippen molar-refractivity contribution in [3.05, 3.63) is 24.3 Å². The van der Waals surface area contributed by atoms with E-state index in [9.17, 15) is 4.79 Å². The summed E-state index contributed by atoms with van der Waals surface area (Å²) in [6, 6.07) is 8.56. The van der Waals surface area contributed by atoms with Gasteiger partial charge in [0.25, 0.3) is 0 Å². The van der Waals surface area contributed by atoms with Crippen LogP contribution in [0.3, 0.4) is 0 Å². The number of hydrogen-bond donors (Lipinski definition) is 0. The Morgan fingerprint density at radius 2 is 1.48 bits per heavy atom. The second kappa shape index (κ2) is 6.70. The minimum absolute atomic E-state index is 0.0442. The van der Waals surface area contributed by atoms with E-state index in [2.05, 4.69) is 35.8 Å². The molecule has 1 aromatic carbocycles. The van der Waals surface area contributed by atoms with Crippen LogP contribution in [0.15, 0.2) is 24.3 Å². The summed E-state index contributed by atoms with van der Waals surface area (Å²) in [5, 5.41) is 0.336. The van der Waals surface area contributed by atoms with E-state index in [0.29, 0.717) is 11.3 Å². The number of para-hydroxylation sites is 2. The molecule has 0 saturated carbocycles. The molecular weight excluding hydrogens is 364 g/mol. The maximum Gasteiger partial charge on any atom is 0.141 e. The minimum atomic E-state index is -0.119. The fraction of sp³-hybridized carbons (Fsp3) is 0.438. The van der Waals surface area contributed by atoms with Gasteiger partial charge in [0.15, 0.2) is 0 Å². The highest BCUT2D eigenvalue weighted by Crippen LogP contribution is 2.44. The first-order valence-electron chi connectivity index (χ1n) is 7.49. The first kappa shape index (κ1) is 17.2. The second-order valence-electron chi connectivity index (χ2n) is 5.78. The molecule has 122 valence electrons. The average Bonchev–Trinajstić information content (AvgIpc) is 2.95.